The third-order valence-corrected chi connectivity index (χ3v) is 2.55. The lowest BCUT2D eigenvalue weighted by atomic mass is 10.3. The summed E-state index contributed by atoms with van der Waals surface area (Å²) < 4.78 is 5.33. The molecule has 0 spiro atoms. The van der Waals surface area contributed by atoms with Crippen LogP contribution in [-0.2, 0) is 0 Å². The lowest BCUT2D eigenvalue weighted by Gasteiger charge is -2.05. The second-order valence-electron chi connectivity index (χ2n) is 3.00. The molecule has 3 N–H and O–H groups in total. The quantitative estimate of drug-likeness (QED) is 0.885. The molecule has 16 heavy (non-hydrogen) atoms. The number of hydrogen-bond acceptors (Lipinski definition) is 4. The van der Waals surface area contributed by atoms with Gasteiger partial charge in [-0.25, -0.2) is 4.98 Å². The van der Waals surface area contributed by atoms with Crippen LogP contribution in [0.3, 0.4) is 0 Å². The van der Waals surface area contributed by atoms with Crippen molar-refractivity contribution < 1.29 is 9.21 Å². The maximum atomic E-state index is 11.8. The maximum absolute atomic E-state index is 11.8. The van der Waals surface area contributed by atoms with Crippen molar-refractivity contribution in [3.8, 4) is 0 Å². The van der Waals surface area contributed by atoms with Crippen LogP contribution in [0, 0.1) is 0 Å². The topological polar surface area (TPSA) is 81.1 Å². The van der Waals surface area contributed by atoms with Crippen molar-refractivity contribution in [3.05, 3.63) is 40.9 Å². The van der Waals surface area contributed by atoms with E-state index >= 15 is 0 Å². The molecule has 5 nitrogen and oxygen atoms in total. The maximum Gasteiger partial charge on any atom is 0.261 e. The van der Waals surface area contributed by atoms with E-state index in [0.29, 0.717) is 21.7 Å². The highest BCUT2D eigenvalue weighted by Gasteiger charge is 2.13. The predicted octanol–water partition coefficient (Wildman–Crippen LogP) is 2.27. The second kappa shape index (κ2) is 4.36. The molecule has 1 amide bonds. The Hall–Kier alpha value is -1.82. The molecule has 0 aliphatic carbocycles. The summed E-state index contributed by atoms with van der Waals surface area (Å²) in [6.07, 6.45) is 2.97. The Morgan fingerprint density at radius 3 is 2.94 bits per heavy atom. The molecule has 0 bridgehead atoms. The van der Waals surface area contributed by atoms with Crippen molar-refractivity contribution in [2.45, 2.75) is 0 Å². The first kappa shape index (κ1) is 10.7. The molecule has 0 aromatic carbocycles. The zero-order valence-electron chi connectivity index (χ0n) is 8.11. The van der Waals surface area contributed by atoms with E-state index in [1.807, 2.05) is 0 Å². The molecule has 6 heteroatoms. The molecule has 2 rings (SSSR count). The lowest BCUT2D eigenvalue weighted by Crippen LogP contribution is -2.13. The first-order chi connectivity index (χ1) is 7.68. The number of nitrogens with two attached hydrogens (primary N) is 1. The van der Waals surface area contributed by atoms with Crippen molar-refractivity contribution >= 4 is 33.3 Å². The number of amides is 1. The van der Waals surface area contributed by atoms with Crippen LogP contribution in [0.1, 0.15) is 10.4 Å². The van der Waals surface area contributed by atoms with Gasteiger partial charge in [0.05, 0.1) is 17.5 Å². The van der Waals surface area contributed by atoms with Gasteiger partial charge in [-0.05, 0) is 34.1 Å². The Morgan fingerprint density at radius 1 is 1.50 bits per heavy atom. The van der Waals surface area contributed by atoms with E-state index in [1.165, 1.54) is 6.26 Å². The molecule has 0 aliphatic heterocycles. The summed E-state index contributed by atoms with van der Waals surface area (Å²) in [5.41, 5.74) is 6.45. The molecule has 2 aromatic heterocycles. The first-order valence-electron chi connectivity index (χ1n) is 4.43. The zero-order valence-corrected chi connectivity index (χ0v) is 9.69. The summed E-state index contributed by atoms with van der Waals surface area (Å²) in [5.74, 6) is 0.00613. The largest absolute Gasteiger partial charge is 0.457 e. The number of nitrogens with zero attached hydrogens (tertiary/aromatic N) is 1. The molecular weight excluding hydrogens is 274 g/mol. The number of carbonyl (C=O) groups is 1. The highest BCUT2D eigenvalue weighted by molar-refractivity contribution is 9.10. The molecule has 82 valence electrons. The summed E-state index contributed by atoms with van der Waals surface area (Å²) in [6.45, 7) is 0. The van der Waals surface area contributed by atoms with Crippen molar-refractivity contribution in [2.75, 3.05) is 11.1 Å². The van der Waals surface area contributed by atoms with E-state index in [0.717, 1.165) is 0 Å². The van der Waals surface area contributed by atoms with Gasteiger partial charge in [0.2, 0.25) is 0 Å². The van der Waals surface area contributed by atoms with Gasteiger partial charge in [-0.1, -0.05) is 0 Å². The number of furan rings is 1. The van der Waals surface area contributed by atoms with Crippen LogP contribution in [0.15, 0.2) is 39.7 Å². The van der Waals surface area contributed by atoms with Gasteiger partial charge in [0.15, 0.2) is 10.5 Å². The van der Waals surface area contributed by atoms with Crippen LogP contribution in [0.2, 0.25) is 0 Å². The van der Waals surface area contributed by atoms with E-state index in [4.69, 9.17) is 10.2 Å². The molecule has 2 aromatic rings. The van der Waals surface area contributed by atoms with Crippen molar-refractivity contribution in [3.63, 3.8) is 0 Å². The van der Waals surface area contributed by atoms with Gasteiger partial charge in [-0.15, -0.1) is 0 Å². The van der Waals surface area contributed by atoms with E-state index in [-0.39, 0.29) is 5.91 Å². The first-order valence-corrected chi connectivity index (χ1v) is 5.22. The van der Waals surface area contributed by atoms with Crippen molar-refractivity contribution in [1.82, 2.24) is 4.98 Å². The number of halogens is 1. The SMILES string of the molecule is Nc1cccnc1NC(=O)c1ccoc1Br. The van der Waals surface area contributed by atoms with Crippen LogP contribution in [0.4, 0.5) is 11.5 Å². The summed E-state index contributed by atoms with van der Waals surface area (Å²) in [5, 5.41) is 2.59. The summed E-state index contributed by atoms with van der Waals surface area (Å²) in [6, 6.07) is 4.91. The number of rotatable bonds is 2. The average Bonchev–Trinajstić information content (AvgIpc) is 2.68. The number of pyridine rings is 1. The molecule has 0 saturated heterocycles. The van der Waals surface area contributed by atoms with Crippen LogP contribution in [-0.4, -0.2) is 10.9 Å². The fourth-order valence-electron chi connectivity index (χ4n) is 1.15. The molecule has 0 radical (unpaired) electrons. The fraction of sp³-hybridized carbons (Fsp3) is 0. The van der Waals surface area contributed by atoms with Gasteiger partial charge in [0.25, 0.3) is 5.91 Å². The fourth-order valence-corrected chi connectivity index (χ4v) is 1.57. The van der Waals surface area contributed by atoms with Crippen LogP contribution in [0.25, 0.3) is 0 Å². The van der Waals surface area contributed by atoms with Crippen LogP contribution >= 0.6 is 15.9 Å². The smallest absolute Gasteiger partial charge is 0.261 e. The number of nitrogens with one attached hydrogen (secondary N) is 1. The summed E-state index contributed by atoms with van der Waals surface area (Å²) in [4.78, 5) is 15.7. The van der Waals surface area contributed by atoms with Crippen LogP contribution in [0.5, 0.6) is 0 Å². The Labute approximate surface area is 99.8 Å². The van der Waals surface area contributed by atoms with E-state index in [1.54, 1.807) is 24.4 Å². The highest BCUT2D eigenvalue weighted by Crippen LogP contribution is 2.20. The van der Waals surface area contributed by atoms with E-state index in [2.05, 4.69) is 26.2 Å². The number of nitrogen functional groups attached to an aromatic ring is 1. The third-order valence-electron chi connectivity index (χ3n) is 1.93. The summed E-state index contributed by atoms with van der Waals surface area (Å²) in [7, 11) is 0. The Bertz CT molecular complexity index is 524. The van der Waals surface area contributed by atoms with Gasteiger partial charge in [-0.2, -0.15) is 0 Å². The molecule has 0 aliphatic rings. The van der Waals surface area contributed by atoms with Crippen molar-refractivity contribution in [2.24, 2.45) is 0 Å². The van der Waals surface area contributed by atoms with Crippen LogP contribution < -0.4 is 11.1 Å². The minimum absolute atomic E-state index is 0.328. The van der Waals surface area contributed by atoms with Crippen molar-refractivity contribution in [1.29, 1.82) is 0 Å². The number of carbonyl (C=O) groups excluding carboxylic acids is 1. The number of aromatic nitrogens is 1. The lowest BCUT2D eigenvalue weighted by molar-refractivity contribution is 0.102. The minimum atomic E-state index is -0.328. The van der Waals surface area contributed by atoms with Gasteiger partial charge < -0.3 is 15.5 Å². The average molecular weight is 282 g/mol. The van der Waals surface area contributed by atoms with Gasteiger partial charge in [0.1, 0.15) is 0 Å². The molecular formula is C10H8BrN3O2. The second-order valence-corrected chi connectivity index (χ2v) is 3.72. The van der Waals surface area contributed by atoms with Gasteiger partial charge in [0, 0.05) is 6.20 Å². The number of anilines is 2. The Balaban J connectivity index is 2.21. The predicted molar refractivity (Wildman–Crippen MR) is 63.0 cm³/mol. The van der Waals surface area contributed by atoms with Gasteiger partial charge in [-0.3, -0.25) is 4.79 Å². The molecule has 0 saturated carbocycles. The highest BCUT2D eigenvalue weighted by atomic mass is 79.9. The van der Waals surface area contributed by atoms with Gasteiger partial charge >= 0.3 is 0 Å². The Kier molecular flexibility index (Phi) is 2.91. The van der Waals surface area contributed by atoms with E-state index < -0.39 is 0 Å². The standard InChI is InChI=1S/C10H8BrN3O2/c11-8-6(3-5-16-8)10(15)14-9-7(12)2-1-4-13-9/h1-5H,12H2,(H,13,14,15). The van der Waals surface area contributed by atoms with E-state index in [9.17, 15) is 4.79 Å². The molecule has 0 fully saturated rings. The third kappa shape index (κ3) is 2.06. The molecule has 2 heterocycles. The Morgan fingerprint density at radius 2 is 2.31 bits per heavy atom. The monoisotopic (exact) mass is 281 g/mol. The normalized spacial score (nSPS) is 10.1. The molecule has 0 atom stereocenters. The zero-order chi connectivity index (χ0) is 11.5. The number of hydrogen-bond donors (Lipinski definition) is 2. The summed E-state index contributed by atoms with van der Waals surface area (Å²) >= 11 is 3.12. The molecule has 0 unspecified atom stereocenters. The minimum Gasteiger partial charge on any atom is -0.457 e.